The SMILES string of the molecule is CC(C)C[C@@H]([C@@H](O)CC(=O)O)N(O)O. The van der Waals surface area contributed by atoms with Crippen molar-refractivity contribution in [2.75, 3.05) is 0 Å². The van der Waals surface area contributed by atoms with Crippen LogP contribution in [-0.4, -0.2) is 44.0 Å². The molecule has 6 heteroatoms. The molecule has 0 fully saturated rings. The molecule has 0 bridgehead atoms. The third-order valence-corrected chi connectivity index (χ3v) is 1.84. The number of rotatable bonds is 6. The van der Waals surface area contributed by atoms with Crippen molar-refractivity contribution in [2.45, 2.75) is 38.8 Å². The molecule has 0 aliphatic carbocycles. The maximum atomic E-state index is 10.3. The predicted octanol–water partition coefficient (Wildman–Crippen LogP) is 0.317. The Morgan fingerprint density at radius 3 is 2.14 bits per heavy atom. The fourth-order valence-electron chi connectivity index (χ4n) is 1.20. The molecular formula is C8H17NO5. The third-order valence-electron chi connectivity index (χ3n) is 1.84. The van der Waals surface area contributed by atoms with Crippen molar-refractivity contribution in [1.29, 1.82) is 0 Å². The number of hydrogen-bond donors (Lipinski definition) is 4. The van der Waals surface area contributed by atoms with Gasteiger partial charge in [-0.1, -0.05) is 19.1 Å². The zero-order valence-electron chi connectivity index (χ0n) is 8.29. The fourth-order valence-corrected chi connectivity index (χ4v) is 1.20. The van der Waals surface area contributed by atoms with Gasteiger partial charge in [-0.15, -0.1) is 0 Å². The van der Waals surface area contributed by atoms with Crippen LogP contribution in [0.15, 0.2) is 0 Å². The van der Waals surface area contributed by atoms with Crippen LogP contribution < -0.4 is 0 Å². The van der Waals surface area contributed by atoms with E-state index in [-0.39, 0.29) is 11.1 Å². The van der Waals surface area contributed by atoms with Crippen LogP contribution in [0.2, 0.25) is 0 Å². The second-order valence-electron chi connectivity index (χ2n) is 3.68. The summed E-state index contributed by atoms with van der Waals surface area (Å²) < 4.78 is 0. The monoisotopic (exact) mass is 207 g/mol. The van der Waals surface area contributed by atoms with Crippen molar-refractivity contribution in [3.8, 4) is 0 Å². The first-order valence-corrected chi connectivity index (χ1v) is 4.41. The van der Waals surface area contributed by atoms with Gasteiger partial charge in [0.1, 0.15) is 0 Å². The summed E-state index contributed by atoms with van der Waals surface area (Å²) in [5.41, 5.74) is 0. The highest BCUT2D eigenvalue weighted by atomic mass is 16.8. The molecule has 0 rings (SSSR count). The summed E-state index contributed by atoms with van der Waals surface area (Å²) in [6, 6.07) is -0.967. The highest BCUT2D eigenvalue weighted by Gasteiger charge is 2.27. The van der Waals surface area contributed by atoms with E-state index in [1.807, 2.05) is 13.8 Å². The Morgan fingerprint density at radius 2 is 1.86 bits per heavy atom. The van der Waals surface area contributed by atoms with Crippen LogP contribution in [0, 0.1) is 5.92 Å². The summed E-state index contributed by atoms with van der Waals surface area (Å²) in [7, 11) is 0. The summed E-state index contributed by atoms with van der Waals surface area (Å²) in [6.45, 7) is 3.67. The van der Waals surface area contributed by atoms with E-state index in [9.17, 15) is 9.90 Å². The lowest BCUT2D eigenvalue weighted by atomic mass is 9.98. The number of aliphatic hydroxyl groups is 1. The number of carboxylic acid groups (broad SMARTS) is 1. The van der Waals surface area contributed by atoms with Crippen molar-refractivity contribution in [3.05, 3.63) is 0 Å². The molecule has 0 amide bonds. The Hall–Kier alpha value is -0.690. The number of hydroxylamine groups is 2. The quantitative estimate of drug-likeness (QED) is 0.468. The zero-order valence-corrected chi connectivity index (χ0v) is 8.29. The highest BCUT2D eigenvalue weighted by Crippen LogP contribution is 2.14. The van der Waals surface area contributed by atoms with Gasteiger partial charge in [0, 0.05) is 0 Å². The second kappa shape index (κ2) is 5.92. The molecule has 2 atom stereocenters. The molecule has 0 saturated carbocycles. The van der Waals surface area contributed by atoms with E-state index in [0.717, 1.165) is 0 Å². The van der Waals surface area contributed by atoms with Gasteiger partial charge < -0.3 is 10.2 Å². The van der Waals surface area contributed by atoms with Gasteiger partial charge in [0.2, 0.25) is 0 Å². The van der Waals surface area contributed by atoms with Crippen LogP contribution >= 0.6 is 0 Å². The fraction of sp³-hybridized carbons (Fsp3) is 0.875. The summed E-state index contributed by atoms with van der Waals surface area (Å²) in [5.74, 6) is -1.04. The topological polar surface area (TPSA) is 101 Å². The second-order valence-corrected chi connectivity index (χ2v) is 3.68. The number of hydrogen-bond acceptors (Lipinski definition) is 5. The third kappa shape index (κ3) is 5.13. The van der Waals surface area contributed by atoms with E-state index in [1.54, 1.807) is 0 Å². The minimum absolute atomic E-state index is 0.117. The van der Waals surface area contributed by atoms with Crippen LogP contribution in [0.3, 0.4) is 0 Å². The molecule has 0 unspecified atom stereocenters. The first-order chi connectivity index (χ1) is 6.34. The van der Waals surface area contributed by atoms with Gasteiger partial charge in [0.05, 0.1) is 18.6 Å². The average Bonchev–Trinajstić information content (AvgIpc) is 1.97. The van der Waals surface area contributed by atoms with E-state index < -0.39 is 24.5 Å². The number of carbonyl (C=O) groups is 1. The molecule has 14 heavy (non-hydrogen) atoms. The molecule has 0 aromatic carbocycles. The van der Waals surface area contributed by atoms with Gasteiger partial charge in [-0.25, -0.2) is 0 Å². The minimum Gasteiger partial charge on any atom is -0.481 e. The Morgan fingerprint density at radius 1 is 1.36 bits per heavy atom. The van der Waals surface area contributed by atoms with Crippen molar-refractivity contribution < 1.29 is 25.4 Å². The number of nitrogens with zero attached hydrogens (tertiary/aromatic N) is 1. The van der Waals surface area contributed by atoms with Crippen LogP contribution in [0.25, 0.3) is 0 Å². The molecule has 0 aliphatic rings. The molecular weight excluding hydrogens is 190 g/mol. The van der Waals surface area contributed by atoms with E-state index in [2.05, 4.69) is 0 Å². The van der Waals surface area contributed by atoms with Crippen LogP contribution in [0.4, 0.5) is 0 Å². The molecule has 0 aliphatic heterocycles. The van der Waals surface area contributed by atoms with E-state index >= 15 is 0 Å². The van der Waals surface area contributed by atoms with Gasteiger partial charge in [-0.3, -0.25) is 15.2 Å². The van der Waals surface area contributed by atoms with Gasteiger partial charge in [0.15, 0.2) is 0 Å². The largest absolute Gasteiger partial charge is 0.481 e. The predicted molar refractivity (Wildman–Crippen MR) is 46.9 cm³/mol. The standard InChI is InChI=1S/C8H17NO5/c1-5(2)3-6(9(13)14)7(10)4-8(11)12/h5-7,10,13-14H,3-4H2,1-2H3,(H,11,12)/t6-,7-/m0/s1. The molecule has 4 N–H and O–H groups in total. The lowest BCUT2D eigenvalue weighted by molar-refractivity contribution is -0.345. The molecule has 0 aromatic rings. The first kappa shape index (κ1) is 13.3. The number of aliphatic hydroxyl groups excluding tert-OH is 1. The first-order valence-electron chi connectivity index (χ1n) is 4.41. The Kier molecular flexibility index (Phi) is 5.63. The van der Waals surface area contributed by atoms with E-state index in [1.165, 1.54) is 0 Å². The van der Waals surface area contributed by atoms with E-state index in [0.29, 0.717) is 6.42 Å². The minimum atomic E-state index is -1.29. The normalized spacial score (nSPS) is 15.9. The Balaban J connectivity index is 4.25. The molecule has 0 radical (unpaired) electrons. The van der Waals surface area contributed by atoms with Crippen molar-refractivity contribution in [2.24, 2.45) is 5.92 Å². The van der Waals surface area contributed by atoms with Gasteiger partial charge in [0.25, 0.3) is 0 Å². The van der Waals surface area contributed by atoms with E-state index in [4.69, 9.17) is 15.5 Å². The molecule has 6 nitrogen and oxygen atoms in total. The molecule has 0 saturated heterocycles. The van der Waals surface area contributed by atoms with Crippen molar-refractivity contribution >= 4 is 5.97 Å². The lowest BCUT2D eigenvalue weighted by Crippen LogP contribution is -2.41. The average molecular weight is 207 g/mol. The molecule has 0 spiro atoms. The summed E-state index contributed by atoms with van der Waals surface area (Å²) in [6.07, 6.45) is -1.49. The van der Waals surface area contributed by atoms with Crippen LogP contribution in [0.5, 0.6) is 0 Å². The Bertz CT molecular complexity index is 183. The highest BCUT2D eigenvalue weighted by molar-refractivity contribution is 5.67. The summed E-state index contributed by atoms with van der Waals surface area (Å²) >= 11 is 0. The lowest BCUT2D eigenvalue weighted by Gasteiger charge is -2.26. The maximum absolute atomic E-state index is 10.3. The van der Waals surface area contributed by atoms with Gasteiger partial charge in [-0.2, -0.15) is 0 Å². The van der Waals surface area contributed by atoms with Gasteiger partial charge in [-0.05, 0) is 12.3 Å². The van der Waals surface area contributed by atoms with Crippen LogP contribution in [-0.2, 0) is 4.79 Å². The summed E-state index contributed by atoms with van der Waals surface area (Å²) in [4.78, 5) is 10.3. The molecule has 0 aromatic heterocycles. The number of carboxylic acids is 1. The smallest absolute Gasteiger partial charge is 0.306 e. The van der Waals surface area contributed by atoms with Crippen molar-refractivity contribution in [3.63, 3.8) is 0 Å². The van der Waals surface area contributed by atoms with Crippen LogP contribution in [0.1, 0.15) is 26.7 Å². The zero-order chi connectivity index (χ0) is 11.3. The molecule has 84 valence electrons. The summed E-state index contributed by atoms with van der Waals surface area (Å²) in [5, 5.41) is 35.2. The van der Waals surface area contributed by atoms with Gasteiger partial charge >= 0.3 is 5.97 Å². The Labute approximate surface area is 82.3 Å². The number of aliphatic carboxylic acids is 1. The molecule has 0 heterocycles. The maximum Gasteiger partial charge on any atom is 0.306 e. The van der Waals surface area contributed by atoms with Crippen molar-refractivity contribution in [1.82, 2.24) is 5.23 Å².